The van der Waals surface area contributed by atoms with Crippen LogP contribution in [-0.4, -0.2) is 71.2 Å². The highest BCUT2D eigenvalue weighted by molar-refractivity contribution is 5.18. The highest BCUT2D eigenvalue weighted by atomic mass is 16.0. The molecule has 4 aromatic rings. The summed E-state index contributed by atoms with van der Waals surface area (Å²) >= 11 is 0. The summed E-state index contributed by atoms with van der Waals surface area (Å²) in [6.07, 6.45) is 0. The SMILES string of the molecule is CCN1Cc2ccc([nH]2)CN(CC)Cc2ccc([nH]2)CN(CC)Cc2ccc([nH]2)CN(CC)Cc2ccc([nH]2)C1.O. The van der Waals surface area contributed by atoms with Gasteiger partial charge in [-0.25, -0.2) is 0 Å². The van der Waals surface area contributed by atoms with Crippen molar-refractivity contribution >= 4 is 0 Å². The van der Waals surface area contributed by atoms with Crippen LogP contribution in [0.25, 0.3) is 0 Å². The van der Waals surface area contributed by atoms with Crippen LogP contribution in [0.3, 0.4) is 0 Å². The quantitative estimate of drug-likeness (QED) is 0.292. The standard InChI is InChI=1S/C32H48N8.H2O/c1-5-37-17-25-9-11-27(33-25)19-38(6-2)21-29-13-15-31(35-29)23-40(8-4)24-32-16-14-30(36-32)22-39(7-3)20-28-12-10-26(18-37)34-28;/h9-16,33-36H,5-8,17-24H2,1-4H3;1H2. The van der Waals surface area contributed by atoms with Crippen LogP contribution in [0.2, 0.25) is 0 Å². The maximum absolute atomic E-state index is 3.70. The minimum atomic E-state index is 0. The first-order valence-corrected chi connectivity index (χ1v) is 15.1. The summed E-state index contributed by atoms with van der Waals surface area (Å²) in [4.78, 5) is 24.7. The zero-order valence-corrected chi connectivity index (χ0v) is 25.4. The highest BCUT2D eigenvalue weighted by Gasteiger charge is 2.14. The van der Waals surface area contributed by atoms with Gasteiger partial charge in [-0.05, 0) is 74.7 Å². The lowest BCUT2D eigenvalue weighted by atomic mass is 10.3. The van der Waals surface area contributed by atoms with Crippen molar-refractivity contribution in [3.63, 3.8) is 0 Å². The first-order valence-electron chi connectivity index (χ1n) is 15.1. The summed E-state index contributed by atoms with van der Waals surface area (Å²) < 4.78 is 0. The Hall–Kier alpha value is -3.08. The molecule has 0 radical (unpaired) electrons. The average Bonchev–Trinajstić information content (AvgIpc) is 3.77. The van der Waals surface area contributed by atoms with Crippen LogP contribution in [0.1, 0.15) is 73.2 Å². The Morgan fingerprint density at radius 2 is 0.512 bits per heavy atom. The number of aromatic nitrogens is 4. The molecule has 8 bridgehead atoms. The van der Waals surface area contributed by atoms with E-state index >= 15 is 0 Å². The zero-order chi connectivity index (χ0) is 27.9. The molecule has 0 fully saturated rings. The second-order valence-electron chi connectivity index (χ2n) is 11.2. The highest BCUT2D eigenvalue weighted by Crippen LogP contribution is 2.17. The van der Waals surface area contributed by atoms with Gasteiger partial charge in [-0.2, -0.15) is 0 Å². The van der Waals surface area contributed by atoms with E-state index in [4.69, 9.17) is 0 Å². The molecule has 5 heterocycles. The van der Waals surface area contributed by atoms with E-state index < -0.39 is 0 Å². The largest absolute Gasteiger partial charge is 0.412 e. The molecule has 224 valence electrons. The number of hydrogen-bond donors (Lipinski definition) is 4. The second kappa shape index (κ2) is 14.7. The monoisotopic (exact) mass is 562 g/mol. The Morgan fingerprint density at radius 1 is 0.366 bits per heavy atom. The number of H-pyrrole nitrogens is 4. The fourth-order valence-electron chi connectivity index (χ4n) is 5.75. The molecule has 9 nitrogen and oxygen atoms in total. The number of hydrogen-bond acceptors (Lipinski definition) is 4. The average molecular weight is 563 g/mol. The van der Waals surface area contributed by atoms with Gasteiger partial charge in [-0.3, -0.25) is 19.6 Å². The predicted molar refractivity (Wildman–Crippen MR) is 166 cm³/mol. The van der Waals surface area contributed by atoms with Gasteiger partial charge in [0.15, 0.2) is 0 Å². The van der Waals surface area contributed by atoms with Gasteiger partial charge in [0.2, 0.25) is 0 Å². The third kappa shape index (κ3) is 8.47. The first-order chi connectivity index (χ1) is 19.5. The number of nitrogens with zero attached hydrogens (tertiary/aromatic N) is 4. The van der Waals surface area contributed by atoms with Crippen LogP contribution in [0.5, 0.6) is 0 Å². The number of fused-ring (bicyclic) bond motifs is 8. The van der Waals surface area contributed by atoms with Crippen LogP contribution >= 0.6 is 0 Å². The number of aromatic amines is 4. The van der Waals surface area contributed by atoms with Crippen LogP contribution in [0, 0.1) is 0 Å². The lowest BCUT2D eigenvalue weighted by Gasteiger charge is -2.21. The third-order valence-electron chi connectivity index (χ3n) is 8.17. The third-order valence-corrected chi connectivity index (χ3v) is 8.17. The minimum absolute atomic E-state index is 0. The van der Waals surface area contributed by atoms with E-state index in [1.165, 1.54) is 45.6 Å². The maximum Gasteiger partial charge on any atom is 0.0389 e. The Morgan fingerprint density at radius 3 is 0.634 bits per heavy atom. The molecule has 0 saturated carbocycles. The van der Waals surface area contributed by atoms with Gasteiger partial charge < -0.3 is 25.4 Å². The zero-order valence-electron chi connectivity index (χ0n) is 25.4. The van der Waals surface area contributed by atoms with E-state index in [9.17, 15) is 0 Å². The molecular weight excluding hydrogens is 512 g/mol. The van der Waals surface area contributed by atoms with Gasteiger partial charge >= 0.3 is 0 Å². The van der Waals surface area contributed by atoms with Crippen molar-refractivity contribution in [2.75, 3.05) is 26.2 Å². The van der Waals surface area contributed by atoms with Gasteiger partial charge in [0, 0.05) is 97.9 Å². The summed E-state index contributed by atoms with van der Waals surface area (Å²) in [6, 6.07) is 18.0. The molecule has 0 amide bonds. The minimum Gasteiger partial charge on any atom is -0.412 e. The summed E-state index contributed by atoms with van der Waals surface area (Å²) in [6.45, 7) is 20.3. The van der Waals surface area contributed by atoms with E-state index in [-0.39, 0.29) is 5.48 Å². The van der Waals surface area contributed by atoms with Crippen LogP contribution in [-0.2, 0) is 52.4 Å². The molecule has 0 aliphatic carbocycles. The normalized spacial score (nSPS) is 17.3. The molecular formula is C32H50N8O. The van der Waals surface area contributed by atoms with Crippen molar-refractivity contribution in [2.24, 2.45) is 0 Å². The van der Waals surface area contributed by atoms with Crippen molar-refractivity contribution in [3.8, 4) is 0 Å². The molecule has 0 spiro atoms. The topological polar surface area (TPSA) is 108 Å². The lowest BCUT2D eigenvalue weighted by Crippen LogP contribution is -2.25. The molecule has 0 atom stereocenters. The van der Waals surface area contributed by atoms with Crippen LogP contribution in [0.15, 0.2) is 48.5 Å². The van der Waals surface area contributed by atoms with Gasteiger partial charge in [-0.15, -0.1) is 0 Å². The molecule has 5 rings (SSSR count). The number of nitrogens with one attached hydrogen (secondary N) is 4. The Bertz CT molecular complexity index is 1030. The molecule has 4 aromatic heterocycles. The molecule has 0 saturated heterocycles. The fourth-order valence-corrected chi connectivity index (χ4v) is 5.75. The van der Waals surface area contributed by atoms with E-state index in [1.54, 1.807) is 0 Å². The Kier molecular flexibility index (Phi) is 11.1. The summed E-state index contributed by atoms with van der Waals surface area (Å²) in [5, 5.41) is 0. The molecule has 41 heavy (non-hydrogen) atoms. The van der Waals surface area contributed by atoms with Crippen molar-refractivity contribution in [1.29, 1.82) is 0 Å². The van der Waals surface area contributed by atoms with Crippen molar-refractivity contribution in [3.05, 3.63) is 94.1 Å². The van der Waals surface area contributed by atoms with Gasteiger partial charge in [-0.1, -0.05) is 27.7 Å². The van der Waals surface area contributed by atoms with Crippen molar-refractivity contribution in [1.82, 2.24) is 39.5 Å². The predicted octanol–water partition coefficient (Wildman–Crippen LogP) is 4.58. The lowest BCUT2D eigenvalue weighted by molar-refractivity contribution is 0.254. The smallest absolute Gasteiger partial charge is 0.0389 e. The summed E-state index contributed by atoms with van der Waals surface area (Å²) in [7, 11) is 0. The summed E-state index contributed by atoms with van der Waals surface area (Å²) in [5.41, 5.74) is 10.2. The van der Waals surface area contributed by atoms with Crippen molar-refractivity contribution < 1.29 is 5.48 Å². The molecule has 1 aliphatic rings. The van der Waals surface area contributed by atoms with Gasteiger partial charge in [0.1, 0.15) is 0 Å². The molecule has 9 heteroatoms. The fraction of sp³-hybridized carbons (Fsp3) is 0.500. The summed E-state index contributed by atoms with van der Waals surface area (Å²) in [5.74, 6) is 0. The second-order valence-corrected chi connectivity index (χ2v) is 11.2. The van der Waals surface area contributed by atoms with E-state index in [0.717, 1.165) is 78.5 Å². The van der Waals surface area contributed by atoms with E-state index in [1.807, 2.05) is 0 Å². The molecule has 0 aromatic carbocycles. The van der Waals surface area contributed by atoms with Crippen LogP contribution in [0.4, 0.5) is 0 Å². The van der Waals surface area contributed by atoms with Crippen LogP contribution < -0.4 is 0 Å². The number of rotatable bonds is 4. The van der Waals surface area contributed by atoms with E-state index in [2.05, 4.69) is 116 Å². The molecule has 1 aliphatic heterocycles. The maximum atomic E-state index is 3.70. The molecule has 6 N–H and O–H groups in total. The molecule has 0 unspecified atom stereocenters. The van der Waals surface area contributed by atoms with Crippen molar-refractivity contribution in [2.45, 2.75) is 80.1 Å². The Balaban J connectivity index is 0.00000387. The van der Waals surface area contributed by atoms with Gasteiger partial charge in [0.05, 0.1) is 0 Å². The first kappa shape index (κ1) is 30.9. The van der Waals surface area contributed by atoms with Gasteiger partial charge in [0.25, 0.3) is 0 Å². The Labute approximate surface area is 245 Å². The van der Waals surface area contributed by atoms with E-state index in [0.29, 0.717) is 0 Å².